The molecule has 3 nitrogen and oxygen atoms in total. The van der Waals surface area contributed by atoms with Crippen molar-refractivity contribution < 1.29 is 0 Å². The van der Waals surface area contributed by atoms with Crippen LogP contribution in [0.5, 0.6) is 0 Å². The van der Waals surface area contributed by atoms with Crippen molar-refractivity contribution >= 4 is 23.0 Å². The van der Waals surface area contributed by atoms with E-state index in [0.717, 1.165) is 11.8 Å². The number of nitrogens with zero attached hydrogens (tertiary/aromatic N) is 1. The summed E-state index contributed by atoms with van der Waals surface area (Å²) in [7, 11) is 0. The number of nitrogens with one attached hydrogen (secondary N) is 1. The van der Waals surface area contributed by atoms with Crippen LogP contribution in [-0.2, 0) is 0 Å². The first-order valence-electron chi connectivity index (χ1n) is 5.26. The number of hydrogen-bond acceptors (Lipinski definition) is 2. The third-order valence-corrected chi connectivity index (χ3v) is 3.71. The van der Waals surface area contributed by atoms with Gasteiger partial charge in [0.05, 0.1) is 0 Å². The molecule has 0 aromatic heterocycles. The summed E-state index contributed by atoms with van der Waals surface area (Å²) in [4.78, 5) is 0. The van der Waals surface area contributed by atoms with E-state index < -0.39 is 0 Å². The van der Waals surface area contributed by atoms with Gasteiger partial charge < -0.3 is 5.73 Å². The largest absolute Gasteiger partial charge is 0.375 e. The van der Waals surface area contributed by atoms with E-state index in [1.807, 2.05) is 0 Å². The summed E-state index contributed by atoms with van der Waals surface area (Å²) in [6, 6.07) is 0. The summed E-state index contributed by atoms with van der Waals surface area (Å²) in [5, 5.41) is 4.48. The molecule has 3 atom stereocenters. The van der Waals surface area contributed by atoms with Gasteiger partial charge in [-0.3, -0.25) is 5.43 Å². The zero-order chi connectivity index (χ0) is 10.1. The van der Waals surface area contributed by atoms with Crippen LogP contribution in [0.25, 0.3) is 0 Å². The Balaban J connectivity index is 1.95. The maximum Gasteiger partial charge on any atom is 0.184 e. The van der Waals surface area contributed by atoms with Gasteiger partial charge in [-0.05, 0) is 50.2 Å². The fourth-order valence-corrected chi connectivity index (χ4v) is 3.03. The Kier molecular flexibility index (Phi) is 2.72. The Morgan fingerprint density at radius 1 is 1.43 bits per heavy atom. The van der Waals surface area contributed by atoms with E-state index in [1.165, 1.54) is 31.4 Å². The molecule has 2 saturated carbocycles. The van der Waals surface area contributed by atoms with Crippen molar-refractivity contribution in [1.82, 2.24) is 5.43 Å². The molecule has 0 saturated heterocycles. The van der Waals surface area contributed by atoms with Crippen molar-refractivity contribution in [1.29, 1.82) is 0 Å². The van der Waals surface area contributed by atoms with Crippen molar-refractivity contribution in [2.75, 3.05) is 0 Å². The maximum absolute atomic E-state index is 5.33. The molecule has 78 valence electrons. The molecule has 0 aliphatic heterocycles. The first-order valence-corrected chi connectivity index (χ1v) is 5.67. The fraction of sp³-hybridized carbons (Fsp3) is 0.800. The van der Waals surface area contributed by atoms with Crippen LogP contribution >= 0.6 is 12.2 Å². The molecule has 2 aliphatic rings. The molecule has 0 aromatic carbocycles. The number of thiocarbonyl (C=S) groups is 1. The van der Waals surface area contributed by atoms with E-state index in [1.54, 1.807) is 0 Å². The monoisotopic (exact) mass is 211 g/mol. The average Bonchev–Trinajstić information content (AvgIpc) is 2.74. The predicted octanol–water partition coefficient (Wildman–Crippen LogP) is 1.63. The van der Waals surface area contributed by atoms with Gasteiger partial charge in [-0.25, -0.2) is 0 Å². The van der Waals surface area contributed by atoms with Gasteiger partial charge in [-0.1, -0.05) is 6.42 Å². The molecular formula is C10H17N3S. The van der Waals surface area contributed by atoms with Crippen LogP contribution in [0.3, 0.4) is 0 Å². The zero-order valence-electron chi connectivity index (χ0n) is 8.49. The zero-order valence-corrected chi connectivity index (χ0v) is 9.31. The van der Waals surface area contributed by atoms with Crippen LogP contribution in [0, 0.1) is 17.8 Å². The minimum Gasteiger partial charge on any atom is -0.375 e. The third-order valence-electron chi connectivity index (χ3n) is 3.62. The number of fused-ring (bicyclic) bond motifs is 2. The van der Waals surface area contributed by atoms with Gasteiger partial charge in [0, 0.05) is 11.6 Å². The summed E-state index contributed by atoms with van der Waals surface area (Å²) >= 11 is 4.71. The molecule has 2 bridgehead atoms. The number of hydrazone groups is 1. The highest BCUT2D eigenvalue weighted by molar-refractivity contribution is 7.80. The summed E-state index contributed by atoms with van der Waals surface area (Å²) in [5.41, 5.74) is 9.18. The standard InChI is InChI=1S/C10H17N3S/c1-6(12-13-10(11)14)9-5-7-2-3-8(9)4-7/h7-9H,2-5H2,1H3,(H3,11,13,14)/t7-,8-,9+/m0/s1. The van der Waals surface area contributed by atoms with Crippen LogP contribution in [0.2, 0.25) is 0 Å². The van der Waals surface area contributed by atoms with Gasteiger partial charge >= 0.3 is 0 Å². The van der Waals surface area contributed by atoms with Gasteiger partial charge in [0.1, 0.15) is 0 Å². The SMILES string of the molecule is CC(=NNC(N)=S)[C@H]1C[C@H]2CC[C@H]1C2. The molecule has 0 unspecified atom stereocenters. The van der Waals surface area contributed by atoms with E-state index >= 15 is 0 Å². The van der Waals surface area contributed by atoms with Crippen LogP contribution in [0.1, 0.15) is 32.6 Å². The molecule has 0 heterocycles. The first-order chi connectivity index (χ1) is 6.66. The maximum atomic E-state index is 5.33. The molecule has 0 aromatic rings. The highest BCUT2D eigenvalue weighted by Gasteiger charge is 2.40. The number of nitrogens with two attached hydrogens (primary N) is 1. The molecule has 2 fully saturated rings. The lowest BCUT2D eigenvalue weighted by molar-refractivity contribution is 0.413. The lowest BCUT2D eigenvalue weighted by atomic mass is 9.86. The van der Waals surface area contributed by atoms with E-state index in [4.69, 9.17) is 18.0 Å². The Hall–Kier alpha value is -0.640. The van der Waals surface area contributed by atoms with Crippen LogP contribution in [0.4, 0.5) is 0 Å². The Morgan fingerprint density at radius 3 is 2.71 bits per heavy atom. The van der Waals surface area contributed by atoms with E-state index in [2.05, 4.69) is 17.5 Å². The van der Waals surface area contributed by atoms with Gasteiger partial charge in [0.15, 0.2) is 5.11 Å². The molecule has 2 rings (SSSR count). The second kappa shape index (κ2) is 3.85. The average molecular weight is 211 g/mol. The van der Waals surface area contributed by atoms with E-state index in [9.17, 15) is 0 Å². The van der Waals surface area contributed by atoms with E-state index in [-0.39, 0.29) is 5.11 Å². The van der Waals surface area contributed by atoms with Crippen LogP contribution in [0.15, 0.2) is 5.10 Å². The Bertz CT molecular complexity index is 275. The smallest absolute Gasteiger partial charge is 0.184 e. The van der Waals surface area contributed by atoms with Crippen molar-refractivity contribution in [3.63, 3.8) is 0 Å². The summed E-state index contributed by atoms with van der Waals surface area (Å²) in [6.07, 6.45) is 5.54. The van der Waals surface area contributed by atoms with Crippen molar-refractivity contribution in [3.8, 4) is 0 Å². The van der Waals surface area contributed by atoms with Gasteiger partial charge in [0.25, 0.3) is 0 Å². The van der Waals surface area contributed by atoms with Gasteiger partial charge in [0.2, 0.25) is 0 Å². The first kappa shape index (κ1) is 9.90. The molecule has 4 heteroatoms. The Morgan fingerprint density at radius 2 is 2.21 bits per heavy atom. The molecule has 14 heavy (non-hydrogen) atoms. The molecule has 0 amide bonds. The van der Waals surface area contributed by atoms with Crippen molar-refractivity contribution in [3.05, 3.63) is 0 Å². The summed E-state index contributed by atoms with van der Waals surface area (Å²) < 4.78 is 0. The van der Waals surface area contributed by atoms with Crippen LogP contribution < -0.4 is 11.2 Å². The summed E-state index contributed by atoms with van der Waals surface area (Å²) in [5.74, 6) is 2.51. The second-order valence-corrected chi connectivity index (χ2v) is 4.95. The van der Waals surface area contributed by atoms with Gasteiger partial charge in [-0.15, -0.1) is 0 Å². The topological polar surface area (TPSA) is 50.4 Å². The second-order valence-electron chi connectivity index (χ2n) is 4.51. The summed E-state index contributed by atoms with van der Waals surface area (Å²) in [6.45, 7) is 2.08. The predicted molar refractivity (Wildman–Crippen MR) is 62.0 cm³/mol. The van der Waals surface area contributed by atoms with E-state index in [0.29, 0.717) is 5.92 Å². The van der Waals surface area contributed by atoms with Crippen molar-refractivity contribution in [2.45, 2.75) is 32.6 Å². The normalized spacial score (nSPS) is 36.1. The quantitative estimate of drug-likeness (QED) is 0.415. The highest BCUT2D eigenvalue weighted by Crippen LogP contribution is 2.48. The molecule has 2 aliphatic carbocycles. The number of hydrogen-bond donors (Lipinski definition) is 2. The van der Waals surface area contributed by atoms with Crippen molar-refractivity contribution in [2.24, 2.45) is 28.6 Å². The van der Waals surface area contributed by atoms with Crippen LogP contribution in [-0.4, -0.2) is 10.8 Å². The lowest BCUT2D eigenvalue weighted by Crippen LogP contribution is -2.28. The fourth-order valence-electron chi connectivity index (χ4n) is 2.98. The molecule has 0 spiro atoms. The molecular weight excluding hydrogens is 194 g/mol. The molecule has 0 radical (unpaired) electrons. The lowest BCUT2D eigenvalue weighted by Gasteiger charge is -2.21. The molecule has 3 N–H and O–H groups in total. The Labute approximate surface area is 90.1 Å². The minimum absolute atomic E-state index is 0.257. The van der Waals surface area contributed by atoms with Gasteiger partial charge in [-0.2, -0.15) is 5.10 Å². The number of rotatable bonds is 2. The third kappa shape index (κ3) is 1.90. The highest BCUT2D eigenvalue weighted by atomic mass is 32.1. The minimum atomic E-state index is 0.257.